The average molecular weight is 347 g/mol. The first-order chi connectivity index (χ1) is 11.7. The second kappa shape index (κ2) is 8.34. The third-order valence-corrected chi connectivity index (χ3v) is 5.20. The van der Waals surface area contributed by atoms with Crippen LogP contribution in [0.15, 0.2) is 48.5 Å². The van der Waals surface area contributed by atoms with E-state index in [2.05, 4.69) is 18.1 Å². The van der Waals surface area contributed by atoms with Gasteiger partial charge in [-0.15, -0.1) is 0 Å². The standard InChI is InChI=1S/C18H22NO4P/c1-14(10-15-8-9-17-18(11-15)22-12-21-17)19-24(13-20-2)23-16-6-4-3-5-7-16/h3-9,11,14,19H,10,12-13H2,1-2H3. The van der Waals surface area contributed by atoms with Gasteiger partial charge in [0.1, 0.15) is 12.1 Å². The fraction of sp³-hybridized carbons (Fsp3) is 0.333. The third kappa shape index (κ3) is 4.60. The zero-order valence-electron chi connectivity index (χ0n) is 13.9. The van der Waals surface area contributed by atoms with Crippen LogP contribution >= 0.6 is 8.30 Å². The van der Waals surface area contributed by atoms with Gasteiger partial charge in [0, 0.05) is 13.2 Å². The maximum absolute atomic E-state index is 6.02. The third-order valence-electron chi connectivity index (χ3n) is 3.55. The Labute approximate surface area is 143 Å². The zero-order chi connectivity index (χ0) is 16.8. The molecule has 3 rings (SSSR count). The number of para-hydroxylation sites is 1. The minimum absolute atomic E-state index is 0.246. The molecule has 1 heterocycles. The predicted octanol–water partition coefficient (Wildman–Crippen LogP) is 3.93. The number of rotatable bonds is 8. The molecule has 1 aliphatic rings. The molecule has 0 bridgehead atoms. The van der Waals surface area contributed by atoms with Crippen molar-refractivity contribution in [1.82, 2.24) is 5.09 Å². The number of benzene rings is 2. The average Bonchev–Trinajstić information content (AvgIpc) is 3.03. The van der Waals surface area contributed by atoms with Crippen molar-refractivity contribution in [3.8, 4) is 17.2 Å². The molecule has 1 N–H and O–H groups in total. The van der Waals surface area contributed by atoms with Crippen LogP contribution in [0.1, 0.15) is 12.5 Å². The predicted molar refractivity (Wildman–Crippen MR) is 94.7 cm³/mol. The second-order valence-electron chi connectivity index (χ2n) is 5.62. The highest BCUT2D eigenvalue weighted by Crippen LogP contribution is 2.36. The van der Waals surface area contributed by atoms with Gasteiger partial charge in [0.2, 0.25) is 6.79 Å². The van der Waals surface area contributed by atoms with Gasteiger partial charge in [-0.05, 0) is 43.2 Å². The summed E-state index contributed by atoms with van der Waals surface area (Å²) in [6.07, 6.45) is 1.41. The highest BCUT2D eigenvalue weighted by Gasteiger charge is 2.17. The minimum atomic E-state index is -0.906. The van der Waals surface area contributed by atoms with E-state index in [0.29, 0.717) is 13.1 Å². The van der Waals surface area contributed by atoms with Crippen LogP contribution in [0.25, 0.3) is 0 Å². The molecule has 0 fully saturated rings. The highest BCUT2D eigenvalue weighted by atomic mass is 31.2. The maximum Gasteiger partial charge on any atom is 0.231 e. The van der Waals surface area contributed by atoms with E-state index in [1.54, 1.807) is 7.11 Å². The number of fused-ring (bicyclic) bond motifs is 1. The summed E-state index contributed by atoms with van der Waals surface area (Å²) in [4.78, 5) is 0. The molecule has 24 heavy (non-hydrogen) atoms. The first kappa shape index (κ1) is 17.0. The van der Waals surface area contributed by atoms with Gasteiger partial charge >= 0.3 is 0 Å². The van der Waals surface area contributed by atoms with E-state index in [-0.39, 0.29) is 6.04 Å². The van der Waals surface area contributed by atoms with Crippen LogP contribution < -0.4 is 19.1 Å². The van der Waals surface area contributed by atoms with E-state index >= 15 is 0 Å². The first-order valence-electron chi connectivity index (χ1n) is 7.89. The van der Waals surface area contributed by atoms with Gasteiger partial charge in [0.05, 0.1) is 0 Å². The van der Waals surface area contributed by atoms with Gasteiger partial charge in [0.25, 0.3) is 0 Å². The Bertz CT molecular complexity index is 653. The van der Waals surface area contributed by atoms with E-state index in [1.807, 2.05) is 42.5 Å². The van der Waals surface area contributed by atoms with Crippen molar-refractivity contribution in [3.63, 3.8) is 0 Å². The SMILES string of the molecule is COCP(NC(C)Cc1ccc2c(c1)OCO2)Oc1ccccc1. The lowest BCUT2D eigenvalue weighted by molar-refractivity contribution is 0.174. The van der Waals surface area contributed by atoms with Gasteiger partial charge in [-0.25, -0.2) is 0 Å². The molecule has 5 nitrogen and oxygen atoms in total. The Morgan fingerprint density at radius 1 is 1.12 bits per heavy atom. The van der Waals surface area contributed by atoms with Crippen LogP contribution in [-0.4, -0.2) is 26.3 Å². The van der Waals surface area contributed by atoms with Crippen LogP contribution in [0, 0.1) is 0 Å². The molecule has 0 aromatic heterocycles. The molecule has 128 valence electrons. The van der Waals surface area contributed by atoms with Crippen LogP contribution in [0.4, 0.5) is 0 Å². The maximum atomic E-state index is 6.02. The van der Waals surface area contributed by atoms with E-state index in [4.69, 9.17) is 18.7 Å². The van der Waals surface area contributed by atoms with Gasteiger partial charge in [-0.3, -0.25) is 5.09 Å². The molecule has 6 heteroatoms. The summed E-state index contributed by atoms with van der Waals surface area (Å²) < 4.78 is 22.1. The molecule has 0 spiro atoms. The lowest BCUT2D eigenvalue weighted by Crippen LogP contribution is -2.26. The van der Waals surface area contributed by atoms with Crippen molar-refractivity contribution in [2.45, 2.75) is 19.4 Å². The monoisotopic (exact) mass is 347 g/mol. The van der Waals surface area contributed by atoms with E-state index in [0.717, 1.165) is 23.7 Å². The summed E-state index contributed by atoms with van der Waals surface area (Å²) in [7, 11) is 0.782. The number of nitrogens with one attached hydrogen (secondary N) is 1. The number of hydrogen-bond donors (Lipinski definition) is 1. The van der Waals surface area contributed by atoms with Crippen LogP contribution in [0.3, 0.4) is 0 Å². The Morgan fingerprint density at radius 2 is 1.92 bits per heavy atom. The second-order valence-corrected chi connectivity index (χ2v) is 7.08. The van der Waals surface area contributed by atoms with Crippen molar-refractivity contribution in [3.05, 3.63) is 54.1 Å². The molecular formula is C18H22NO4P. The molecule has 0 saturated heterocycles. The molecule has 0 amide bonds. The normalized spacial score (nSPS) is 15.1. The Balaban J connectivity index is 1.57. The molecule has 0 aliphatic carbocycles. The van der Waals surface area contributed by atoms with Crippen molar-refractivity contribution in [2.24, 2.45) is 0 Å². The van der Waals surface area contributed by atoms with Crippen molar-refractivity contribution >= 4 is 8.30 Å². The van der Waals surface area contributed by atoms with Gasteiger partial charge in [-0.2, -0.15) is 0 Å². The fourth-order valence-electron chi connectivity index (χ4n) is 2.53. The Morgan fingerprint density at radius 3 is 2.71 bits per heavy atom. The summed E-state index contributed by atoms with van der Waals surface area (Å²) in [5.74, 6) is 2.48. The smallest absolute Gasteiger partial charge is 0.231 e. The lowest BCUT2D eigenvalue weighted by atomic mass is 10.1. The number of hydrogen-bond acceptors (Lipinski definition) is 5. The molecule has 2 unspecified atom stereocenters. The zero-order valence-corrected chi connectivity index (χ0v) is 14.8. The molecule has 2 aromatic carbocycles. The number of methoxy groups -OCH3 is 1. The van der Waals surface area contributed by atoms with Gasteiger partial charge < -0.3 is 18.7 Å². The summed E-state index contributed by atoms with van der Waals surface area (Å²) in [5, 5.41) is 3.53. The minimum Gasteiger partial charge on any atom is -0.456 e. The van der Waals surface area contributed by atoms with Crippen LogP contribution in [0.2, 0.25) is 0 Å². The molecular weight excluding hydrogens is 325 g/mol. The van der Waals surface area contributed by atoms with Crippen molar-refractivity contribution in [2.75, 3.05) is 20.3 Å². The molecule has 0 radical (unpaired) electrons. The quantitative estimate of drug-likeness (QED) is 0.733. The topological polar surface area (TPSA) is 49.0 Å². The molecule has 2 aromatic rings. The van der Waals surface area contributed by atoms with Crippen molar-refractivity contribution in [1.29, 1.82) is 0 Å². The van der Waals surface area contributed by atoms with E-state index < -0.39 is 8.30 Å². The van der Waals surface area contributed by atoms with E-state index in [9.17, 15) is 0 Å². The van der Waals surface area contributed by atoms with Gasteiger partial charge in [-0.1, -0.05) is 24.3 Å². The molecule has 2 atom stereocenters. The summed E-state index contributed by atoms with van der Waals surface area (Å²) in [6, 6.07) is 16.1. The van der Waals surface area contributed by atoms with E-state index in [1.165, 1.54) is 5.56 Å². The van der Waals surface area contributed by atoms with Crippen LogP contribution in [0.5, 0.6) is 17.2 Å². The summed E-state index contributed by atoms with van der Waals surface area (Å²) >= 11 is 0. The van der Waals surface area contributed by atoms with Gasteiger partial charge in [0.15, 0.2) is 19.8 Å². The molecule has 1 aliphatic heterocycles. The fourth-order valence-corrected chi connectivity index (χ4v) is 3.90. The van der Waals surface area contributed by atoms with Crippen LogP contribution in [-0.2, 0) is 11.2 Å². The first-order valence-corrected chi connectivity index (χ1v) is 9.33. The number of ether oxygens (including phenoxy) is 3. The Kier molecular flexibility index (Phi) is 5.91. The Hall–Kier alpha value is -1.81. The summed E-state index contributed by atoms with van der Waals surface area (Å²) in [5.41, 5.74) is 1.20. The lowest BCUT2D eigenvalue weighted by Gasteiger charge is -2.23. The largest absolute Gasteiger partial charge is 0.456 e. The molecule has 0 saturated carbocycles. The highest BCUT2D eigenvalue weighted by molar-refractivity contribution is 7.50. The summed E-state index contributed by atoms with van der Waals surface area (Å²) in [6.45, 7) is 2.45. The van der Waals surface area contributed by atoms with Crippen molar-refractivity contribution < 1.29 is 18.7 Å².